The molecule has 1 aliphatic carbocycles. The molecule has 1 aliphatic rings. The fraction of sp³-hybridized carbons (Fsp3) is 0.571. The average molecular weight is 500 g/mol. The summed E-state index contributed by atoms with van der Waals surface area (Å²) in [7, 11) is 0. The molecular formula is C28H41N3O5. The van der Waals surface area contributed by atoms with Gasteiger partial charge in [-0.3, -0.25) is 14.6 Å². The van der Waals surface area contributed by atoms with Gasteiger partial charge in [-0.1, -0.05) is 58.0 Å². The number of aliphatic carboxylic acids is 1. The molecule has 36 heavy (non-hydrogen) atoms. The zero-order valence-electron chi connectivity index (χ0n) is 21.9. The lowest BCUT2D eigenvalue weighted by Crippen LogP contribution is -2.49. The molecule has 1 amide bonds. The third-order valence-corrected chi connectivity index (χ3v) is 6.20. The Kier molecular flexibility index (Phi) is 10.8. The molecule has 0 radical (unpaired) electrons. The SMILES string of the molecule is CC(C)CC(=NCCCC[C@H](NC(=O)[C@@H](N)Cc1ccccc1)C(=O)O)C1=C(O)CC(C)(C)CC1=O. The lowest BCUT2D eigenvalue weighted by molar-refractivity contribution is -0.142. The topological polar surface area (TPSA) is 142 Å². The van der Waals surface area contributed by atoms with Crippen molar-refractivity contribution in [3.8, 4) is 0 Å². The van der Waals surface area contributed by atoms with Crippen LogP contribution < -0.4 is 11.1 Å². The Hall–Kier alpha value is -3.00. The van der Waals surface area contributed by atoms with Crippen LogP contribution in [0.25, 0.3) is 0 Å². The number of aliphatic hydroxyl groups excluding tert-OH is 1. The summed E-state index contributed by atoms with van der Waals surface area (Å²) >= 11 is 0. The van der Waals surface area contributed by atoms with Crippen LogP contribution in [0.1, 0.15) is 71.8 Å². The summed E-state index contributed by atoms with van der Waals surface area (Å²) in [6, 6.07) is 7.46. The second kappa shape index (κ2) is 13.3. The van der Waals surface area contributed by atoms with Crippen LogP contribution in [0.5, 0.6) is 0 Å². The normalized spacial score (nSPS) is 17.7. The van der Waals surface area contributed by atoms with Gasteiger partial charge in [0.15, 0.2) is 5.78 Å². The number of carboxylic acid groups (broad SMARTS) is 1. The Morgan fingerprint density at radius 3 is 2.39 bits per heavy atom. The summed E-state index contributed by atoms with van der Waals surface area (Å²) in [6.45, 7) is 8.40. The van der Waals surface area contributed by atoms with Gasteiger partial charge in [-0.15, -0.1) is 0 Å². The van der Waals surface area contributed by atoms with Crippen molar-refractivity contribution >= 4 is 23.4 Å². The summed E-state index contributed by atoms with van der Waals surface area (Å²) in [5, 5.41) is 22.7. The number of nitrogens with zero attached hydrogens (tertiary/aromatic N) is 1. The van der Waals surface area contributed by atoms with Gasteiger partial charge in [0.05, 0.1) is 11.6 Å². The number of amides is 1. The molecular weight excluding hydrogens is 458 g/mol. The third kappa shape index (κ3) is 9.22. The van der Waals surface area contributed by atoms with Gasteiger partial charge in [0, 0.05) is 25.1 Å². The number of hydrogen-bond donors (Lipinski definition) is 4. The molecule has 0 spiro atoms. The van der Waals surface area contributed by atoms with Crippen LogP contribution in [0, 0.1) is 11.3 Å². The molecule has 8 nitrogen and oxygen atoms in total. The molecule has 0 saturated heterocycles. The van der Waals surface area contributed by atoms with E-state index in [1.165, 1.54) is 0 Å². The van der Waals surface area contributed by atoms with E-state index < -0.39 is 24.0 Å². The molecule has 2 atom stereocenters. The second-order valence-electron chi connectivity index (χ2n) is 10.9. The maximum Gasteiger partial charge on any atom is 0.326 e. The first kappa shape index (κ1) is 29.2. The highest BCUT2D eigenvalue weighted by Gasteiger charge is 2.35. The van der Waals surface area contributed by atoms with Crippen LogP contribution >= 0.6 is 0 Å². The second-order valence-corrected chi connectivity index (χ2v) is 10.9. The molecule has 198 valence electrons. The number of rotatable bonds is 13. The van der Waals surface area contributed by atoms with Crippen molar-refractivity contribution in [2.45, 2.75) is 84.7 Å². The summed E-state index contributed by atoms with van der Waals surface area (Å²) < 4.78 is 0. The fourth-order valence-electron chi connectivity index (χ4n) is 4.42. The predicted molar refractivity (Wildman–Crippen MR) is 141 cm³/mol. The number of aliphatic hydroxyl groups is 1. The molecule has 8 heteroatoms. The Morgan fingerprint density at radius 2 is 1.81 bits per heavy atom. The van der Waals surface area contributed by atoms with E-state index in [1.54, 1.807) is 0 Å². The van der Waals surface area contributed by atoms with Gasteiger partial charge in [0.1, 0.15) is 11.8 Å². The van der Waals surface area contributed by atoms with Crippen LogP contribution in [0.15, 0.2) is 46.7 Å². The Morgan fingerprint density at radius 1 is 1.14 bits per heavy atom. The zero-order valence-corrected chi connectivity index (χ0v) is 21.9. The van der Waals surface area contributed by atoms with Crippen molar-refractivity contribution in [1.29, 1.82) is 0 Å². The first-order valence-corrected chi connectivity index (χ1v) is 12.7. The average Bonchev–Trinajstić information content (AvgIpc) is 2.76. The van der Waals surface area contributed by atoms with Crippen molar-refractivity contribution in [3.05, 3.63) is 47.2 Å². The first-order chi connectivity index (χ1) is 16.9. The number of Topliss-reactive ketones (excluding diaryl/α,β-unsaturated/α-hetero) is 1. The summed E-state index contributed by atoms with van der Waals surface area (Å²) in [5.74, 6) is -1.31. The number of unbranched alkanes of at least 4 members (excludes halogenated alkanes) is 1. The highest BCUT2D eigenvalue weighted by molar-refractivity contribution is 6.23. The fourth-order valence-corrected chi connectivity index (χ4v) is 4.42. The Balaban J connectivity index is 1.93. The number of carbonyl (C=O) groups excluding carboxylic acids is 2. The van der Waals surface area contributed by atoms with Gasteiger partial charge in [0.2, 0.25) is 5.91 Å². The van der Waals surface area contributed by atoms with E-state index in [4.69, 9.17) is 5.73 Å². The highest BCUT2D eigenvalue weighted by Crippen LogP contribution is 2.36. The van der Waals surface area contributed by atoms with Gasteiger partial charge < -0.3 is 21.3 Å². The number of ketones is 1. The quantitative estimate of drug-likeness (QED) is 0.239. The molecule has 2 rings (SSSR count). The van der Waals surface area contributed by atoms with Gasteiger partial charge in [-0.2, -0.15) is 0 Å². The minimum Gasteiger partial charge on any atom is -0.511 e. The van der Waals surface area contributed by atoms with E-state index in [0.717, 1.165) is 5.56 Å². The minimum atomic E-state index is -1.11. The number of nitrogens with one attached hydrogen (secondary N) is 1. The van der Waals surface area contributed by atoms with Crippen LogP contribution in [-0.4, -0.2) is 52.2 Å². The van der Waals surface area contributed by atoms with E-state index in [-0.39, 0.29) is 29.3 Å². The molecule has 0 unspecified atom stereocenters. The molecule has 0 heterocycles. The lowest BCUT2D eigenvalue weighted by atomic mass is 9.75. The Labute approximate surface area is 214 Å². The maximum absolute atomic E-state index is 12.8. The van der Waals surface area contributed by atoms with Gasteiger partial charge in [-0.25, -0.2) is 4.79 Å². The number of nitrogens with two attached hydrogens (primary N) is 1. The number of hydrogen-bond acceptors (Lipinski definition) is 6. The number of benzene rings is 1. The number of carbonyl (C=O) groups is 3. The molecule has 0 aliphatic heterocycles. The molecule has 0 saturated carbocycles. The van der Waals surface area contributed by atoms with E-state index in [1.807, 2.05) is 58.0 Å². The molecule has 1 aromatic rings. The highest BCUT2D eigenvalue weighted by atomic mass is 16.4. The van der Waals surface area contributed by atoms with Gasteiger partial charge in [-0.05, 0) is 49.0 Å². The van der Waals surface area contributed by atoms with Crippen molar-refractivity contribution < 1.29 is 24.6 Å². The van der Waals surface area contributed by atoms with Crippen LogP contribution in [0.3, 0.4) is 0 Å². The molecule has 5 N–H and O–H groups in total. The van der Waals surface area contributed by atoms with Crippen LogP contribution in [0.4, 0.5) is 0 Å². The third-order valence-electron chi connectivity index (χ3n) is 6.20. The van der Waals surface area contributed by atoms with Crippen molar-refractivity contribution in [1.82, 2.24) is 5.32 Å². The molecule has 0 fully saturated rings. The van der Waals surface area contributed by atoms with E-state index >= 15 is 0 Å². The van der Waals surface area contributed by atoms with E-state index in [9.17, 15) is 24.6 Å². The number of carboxylic acids is 1. The summed E-state index contributed by atoms with van der Waals surface area (Å²) in [4.78, 5) is 41.5. The number of aliphatic imine (C=N–C) groups is 1. The Bertz CT molecular complexity index is 982. The molecule has 0 bridgehead atoms. The minimum absolute atomic E-state index is 0.0800. The summed E-state index contributed by atoms with van der Waals surface area (Å²) in [5.41, 5.74) is 7.59. The smallest absolute Gasteiger partial charge is 0.326 e. The summed E-state index contributed by atoms with van der Waals surface area (Å²) in [6.07, 6.45) is 3.08. The van der Waals surface area contributed by atoms with Crippen LogP contribution in [0.2, 0.25) is 0 Å². The van der Waals surface area contributed by atoms with Crippen molar-refractivity contribution in [2.75, 3.05) is 6.54 Å². The van der Waals surface area contributed by atoms with E-state index in [2.05, 4.69) is 10.3 Å². The van der Waals surface area contributed by atoms with Crippen molar-refractivity contribution in [2.24, 2.45) is 22.1 Å². The predicted octanol–water partition coefficient (Wildman–Crippen LogP) is 3.98. The zero-order chi connectivity index (χ0) is 26.9. The standard InChI is InChI=1S/C28H41N3O5/c1-18(2)14-22(25-23(32)16-28(3,4)17-24(25)33)30-13-9-8-12-21(27(35)36)31-26(34)20(29)15-19-10-6-5-7-11-19/h5-7,10-11,18,20-21,32H,8-9,12-17,29H2,1-4H3,(H,31,34)(H,35,36)/t20-,21-/m0/s1. The van der Waals surface area contributed by atoms with E-state index in [0.29, 0.717) is 56.4 Å². The van der Waals surface area contributed by atoms with Gasteiger partial charge in [0.25, 0.3) is 0 Å². The first-order valence-electron chi connectivity index (χ1n) is 12.7. The monoisotopic (exact) mass is 499 g/mol. The van der Waals surface area contributed by atoms with Gasteiger partial charge >= 0.3 is 5.97 Å². The molecule has 1 aromatic carbocycles. The number of allylic oxidation sites excluding steroid dienone is 2. The van der Waals surface area contributed by atoms with Crippen LogP contribution in [-0.2, 0) is 20.8 Å². The lowest BCUT2D eigenvalue weighted by Gasteiger charge is -2.30. The largest absolute Gasteiger partial charge is 0.511 e. The molecule has 0 aromatic heterocycles. The van der Waals surface area contributed by atoms with Crippen molar-refractivity contribution in [3.63, 3.8) is 0 Å². The maximum atomic E-state index is 12.8.